The number of hydrogen-bond acceptors (Lipinski definition) is 11. The van der Waals surface area contributed by atoms with Crippen LogP contribution in [0.15, 0.2) is 60.7 Å². The van der Waals surface area contributed by atoms with E-state index in [1.807, 2.05) is 79.4 Å². The number of epoxide rings is 2. The molecule has 0 spiro atoms. The maximum Gasteiger partial charge on any atom is 0.234 e. The largest absolute Gasteiger partial charge is 0.379 e. The van der Waals surface area contributed by atoms with Gasteiger partial charge in [-0.05, 0) is 69.4 Å². The molecule has 65 heavy (non-hydrogen) atoms. The van der Waals surface area contributed by atoms with Crippen LogP contribution in [0.5, 0.6) is 0 Å². The molecular formula is C51H70N4O10. The van der Waals surface area contributed by atoms with Gasteiger partial charge in [0.2, 0.25) is 17.7 Å². The third-order valence-electron chi connectivity index (χ3n) is 13.3. The average molecular weight is 899 g/mol. The van der Waals surface area contributed by atoms with Crippen LogP contribution in [-0.4, -0.2) is 121 Å². The van der Waals surface area contributed by atoms with Crippen LogP contribution in [-0.2, 0) is 60.6 Å². The van der Waals surface area contributed by atoms with Crippen LogP contribution < -0.4 is 16.0 Å². The van der Waals surface area contributed by atoms with Crippen LogP contribution in [0.2, 0.25) is 0 Å². The van der Waals surface area contributed by atoms with Crippen LogP contribution in [0.1, 0.15) is 97.1 Å². The number of rotatable bonds is 25. The SMILES string of the molecule is CC(C)C(=O)C[C@@H](CC1CC1)C(=O)N[C@@H](Cc1ccccc1)C(=O)[C@@]1(C)CO1.C[C@H](NC(=O)CN1CCOCC1)C(=O)C[C@@H](CC1CC1)C(=O)N[C@@H](Cc1ccccc1)C(=O)[C@@]1(C)CO1. The predicted molar refractivity (Wildman–Crippen MR) is 243 cm³/mol. The highest BCUT2D eigenvalue weighted by Crippen LogP contribution is 2.38. The molecule has 2 aliphatic carbocycles. The first-order chi connectivity index (χ1) is 31.0. The average Bonchev–Trinajstić information content (AvgIpc) is 4.05. The minimum absolute atomic E-state index is 0.0291. The number of carbonyl (C=O) groups excluding carboxylic acids is 7. The van der Waals surface area contributed by atoms with Crippen LogP contribution in [0.4, 0.5) is 0 Å². The molecule has 7 rings (SSSR count). The molecule has 2 saturated carbocycles. The quantitative estimate of drug-likeness (QED) is 0.120. The fraction of sp³-hybridized carbons (Fsp3) is 0.627. The molecule has 3 N–H and O–H groups in total. The Morgan fingerprint density at radius 1 is 0.631 bits per heavy atom. The lowest BCUT2D eigenvalue weighted by Gasteiger charge is -2.26. The van der Waals surface area contributed by atoms with Crippen LogP contribution in [0, 0.1) is 29.6 Å². The molecular weight excluding hydrogens is 829 g/mol. The summed E-state index contributed by atoms with van der Waals surface area (Å²) in [6, 6.07) is 17.2. The van der Waals surface area contributed by atoms with E-state index in [1.54, 1.807) is 20.8 Å². The molecule has 3 aliphatic heterocycles. The number of ether oxygens (including phenoxy) is 3. The molecule has 5 aliphatic rings. The molecule has 5 fully saturated rings. The second kappa shape index (κ2) is 22.7. The van der Waals surface area contributed by atoms with Crippen LogP contribution >= 0.6 is 0 Å². The Balaban J connectivity index is 0.000000224. The van der Waals surface area contributed by atoms with Gasteiger partial charge in [-0.2, -0.15) is 0 Å². The topological polar surface area (TPSA) is 193 Å². The Morgan fingerprint density at radius 2 is 1.05 bits per heavy atom. The molecule has 0 radical (unpaired) electrons. The minimum Gasteiger partial charge on any atom is -0.379 e. The lowest BCUT2D eigenvalue weighted by molar-refractivity contribution is -0.134. The molecule has 14 heteroatoms. The van der Waals surface area contributed by atoms with Gasteiger partial charge in [-0.3, -0.25) is 38.5 Å². The first-order valence-corrected chi connectivity index (χ1v) is 23.7. The zero-order chi connectivity index (χ0) is 46.7. The molecule has 0 unspecified atom stereocenters. The van der Waals surface area contributed by atoms with Crippen molar-refractivity contribution < 1.29 is 47.8 Å². The number of ketones is 4. The van der Waals surface area contributed by atoms with Gasteiger partial charge < -0.3 is 30.2 Å². The van der Waals surface area contributed by atoms with Crippen molar-refractivity contribution in [2.24, 2.45) is 29.6 Å². The van der Waals surface area contributed by atoms with Crippen LogP contribution in [0.25, 0.3) is 0 Å². The summed E-state index contributed by atoms with van der Waals surface area (Å²) in [5.74, 6) is -1.04. The summed E-state index contributed by atoms with van der Waals surface area (Å²) in [6.07, 6.45) is 6.73. The molecule has 3 amide bonds. The lowest BCUT2D eigenvalue weighted by atomic mass is 9.89. The molecule has 0 aromatic heterocycles. The molecule has 3 saturated heterocycles. The van der Waals surface area contributed by atoms with Gasteiger partial charge in [0.25, 0.3) is 0 Å². The fourth-order valence-corrected chi connectivity index (χ4v) is 8.24. The third kappa shape index (κ3) is 15.8. The number of morpholine rings is 1. The van der Waals surface area contributed by atoms with Gasteiger partial charge in [0.1, 0.15) is 17.0 Å². The van der Waals surface area contributed by atoms with Crippen molar-refractivity contribution in [3.05, 3.63) is 71.8 Å². The van der Waals surface area contributed by atoms with Gasteiger partial charge in [-0.1, -0.05) is 100 Å². The Kier molecular flexibility index (Phi) is 17.4. The summed E-state index contributed by atoms with van der Waals surface area (Å²) in [4.78, 5) is 92.4. The van der Waals surface area contributed by atoms with E-state index in [1.165, 1.54) is 0 Å². The van der Waals surface area contributed by atoms with E-state index in [9.17, 15) is 33.6 Å². The Labute approximate surface area is 384 Å². The molecule has 7 atom stereocenters. The summed E-state index contributed by atoms with van der Waals surface area (Å²) < 4.78 is 16.0. The van der Waals surface area contributed by atoms with E-state index in [2.05, 4.69) is 16.0 Å². The number of hydrogen-bond donors (Lipinski definition) is 3. The molecule has 354 valence electrons. The zero-order valence-corrected chi connectivity index (χ0v) is 38.9. The molecule has 14 nitrogen and oxygen atoms in total. The van der Waals surface area contributed by atoms with E-state index in [0.29, 0.717) is 70.6 Å². The maximum atomic E-state index is 13.4. The smallest absolute Gasteiger partial charge is 0.234 e. The number of nitrogens with one attached hydrogen (secondary N) is 3. The summed E-state index contributed by atoms with van der Waals surface area (Å²) >= 11 is 0. The number of amides is 3. The fourth-order valence-electron chi connectivity index (χ4n) is 8.24. The summed E-state index contributed by atoms with van der Waals surface area (Å²) in [5, 5.41) is 8.71. The number of carbonyl (C=O) groups is 7. The number of benzene rings is 2. The second-order valence-corrected chi connectivity index (χ2v) is 19.7. The van der Waals surface area contributed by atoms with Crippen molar-refractivity contribution in [1.29, 1.82) is 0 Å². The number of Topliss-reactive ketones (excluding diaryl/α,β-unsaturated/α-hetero) is 4. The molecule has 3 heterocycles. The summed E-state index contributed by atoms with van der Waals surface area (Å²) in [6.45, 7) is 12.4. The van der Waals surface area contributed by atoms with Crippen molar-refractivity contribution in [3.8, 4) is 0 Å². The minimum atomic E-state index is -0.867. The highest BCUT2D eigenvalue weighted by molar-refractivity contribution is 5.99. The Bertz CT molecular complexity index is 1970. The first-order valence-electron chi connectivity index (χ1n) is 23.7. The number of nitrogens with zero attached hydrogens (tertiary/aromatic N) is 1. The van der Waals surface area contributed by atoms with Crippen molar-refractivity contribution in [1.82, 2.24) is 20.9 Å². The van der Waals surface area contributed by atoms with Crippen LogP contribution in [0.3, 0.4) is 0 Å². The van der Waals surface area contributed by atoms with Crippen molar-refractivity contribution in [3.63, 3.8) is 0 Å². The van der Waals surface area contributed by atoms with Crippen molar-refractivity contribution >= 4 is 40.9 Å². The third-order valence-corrected chi connectivity index (χ3v) is 13.3. The monoisotopic (exact) mass is 899 g/mol. The molecule has 2 aromatic carbocycles. The van der Waals surface area contributed by atoms with Gasteiger partial charge in [0.15, 0.2) is 17.3 Å². The van der Waals surface area contributed by atoms with E-state index < -0.39 is 35.2 Å². The van der Waals surface area contributed by atoms with E-state index in [4.69, 9.17) is 14.2 Å². The first kappa shape index (κ1) is 49.8. The highest BCUT2D eigenvalue weighted by atomic mass is 16.6. The predicted octanol–water partition coefficient (Wildman–Crippen LogP) is 4.39. The normalized spacial score (nSPS) is 23.6. The Hall–Kier alpha value is -4.63. The van der Waals surface area contributed by atoms with Gasteiger partial charge in [0.05, 0.1) is 51.1 Å². The molecule has 2 aromatic rings. The van der Waals surface area contributed by atoms with Gasteiger partial charge >= 0.3 is 0 Å². The van der Waals surface area contributed by atoms with Gasteiger partial charge in [-0.25, -0.2) is 0 Å². The highest BCUT2D eigenvalue weighted by Gasteiger charge is 2.51. The van der Waals surface area contributed by atoms with Gasteiger partial charge in [-0.15, -0.1) is 0 Å². The van der Waals surface area contributed by atoms with E-state index >= 15 is 0 Å². The van der Waals surface area contributed by atoms with Gasteiger partial charge in [0, 0.05) is 43.7 Å². The maximum absolute atomic E-state index is 13.4. The molecule has 0 bridgehead atoms. The second-order valence-electron chi connectivity index (χ2n) is 19.7. The Morgan fingerprint density at radius 3 is 1.43 bits per heavy atom. The van der Waals surface area contributed by atoms with Crippen molar-refractivity contribution in [2.75, 3.05) is 46.1 Å². The van der Waals surface area contributed by atoms with E-state index in [0.717, 1.165) is 43.2 Å². The zero-order valence-electron chi connectivity index (χ0n) is 38.9. The van der Waals surface area contributed by atoms with Crippen molar-refractivity contribution in [2.45, 2.75) is 128 Å². The summed E-state index contributed by atoms with van der Waals surface area (Å²) in [5.41, 5.74) is 0.263. The standard InChI is InChI=1S/C28H39N3O6.C23H31NO4/c1-19(29-25(33)17-31-10-12-36-13-11-31)24(32)16-22(14-21-8-9-21)27(35)30-23(26(34)28(2)18-37-28)15-20-6-4-3-5-7-20;1-15(2)20(25)13-18(11-17-9-10-17)22(27)24-19(21(26)23(3)14-28-23)12-16-7-5-4-6-8-16/h3-7,19,21-23H,8-18H2,1-2H3,(H,29,33)(H,30,35);4-8,15,17-19H,9-14H2,1-3H3,(H,24,27)/t19-,22+,23-,28+;18-,19+,23-/m01/s1. The van der Waals surface area contributed by atoms with E-state index in [-0.39, 0.29) is 72.1 Å². The summed E-state index contributed by atoms with van der Waals surface area (Å²) in [7, 11) is 0. The lowest BCUT2D eigenvalue weighted by Crippen LogP contribution is -2.50.